The highest BCUT2D eigenvalue weighted by Crippen LogP contribution is 2.35. The number of nitrogens with zero attached hydrogens (tertiary/aromatic N) is 1. The van der Waals surface area contributed by atoms with E-state index in [0.29, 0.717) is 6.54 Å². The van der Waals surface area contributed by atoms with E-state index < -0.39 is 12.2 Å². The van der Waals surface area contributed by atoms with Crippen molar-refractivity contribution < 1.29 is 19.7 Å². The fourth-order valence-corrected chi connectivity index (χ4v) is 2.47. The quantitative estimate of drug-likeness (QED) is 0.633. The molecule has 14 heavy (non-hydrogen) atoms. The van der Waals surface area contributed by atoms with E-state index in [1.165, 1.54) is 4.90 Å². The number of hydrogen-bond acceptors (Lipinski definition) is 3. The van der Waals surface area contributed by atoms with Crippen molar-refractivity contribution in [3.63, 3.8) is 0 Å². The van der Waals surface area contributed by atoms with Gasteiger partial charge >= 0.3 is 6.09 Å². The summed E-state index contributed by atoms with van der Waals surface area (Å²) < 4.78 is 5.42. The van der Waals surface area contributed by atoms with Crippen molar-refractivity contribution in [1.82, 2.24) is 4.90 Å². The lowest BCUT2D eigenvalue weighted by atomic mass is 9.99. The van der Waals surface area contributed by atoms with Gasteiger partial charge in [0.25, 0.3) is 0 Å². The summed E-state index contributed by atoms with van der Waals surface area (Å²) in [5.41, 5.74) is 0. The maximum Gasteiger partial charge on any atom is 0.407 e. The van der Waals surface area contributed by atoms with E-state index >= 15 is 0 Å². The molecule has 0 saturated carbocycles. The Kier molecular flexibility index (Phi) is 2.36. The van der Waals surface area contributed by atoms with E-state index in [4.69, 9.17) is 9.84 Å². The molecule has 1 amide bonds. The van der Waals surface area contributed by atoms with Gasteiger partial charge in [-0.2, -0.15) is 0 Å². The van der Waals surface area contributed by atoms with Gasteiger partial charge in [-0.05, 0) is 6.42 Å². The van der Waals surface area contributed by atoms with Crippen LogP contribution in [0.3, 0.4) is 0 Å². The summed E-state index contributed by atoms with van der Waals surface area (Å²) in [6.07, 6.45) is -0.836. The summed E-state index contributed by atoms with van der Waals surface area (Å²) in [6.45, 7) is 2.76. The second-order valence-electron chi connectivity index (χ2n) is 3.96. The molecule has 5 nitrogen and oxygen atoms in total. The number of rotatable bonds is 1. The molecular weight excluding hydrogens is 186 g/mol. The van der Waals surface area contributed by atoms with E-state index in [-0.39, 0.29) is 24.7 Å². The lowest BCUT2D eigenvalue weighted by Gasteiger charge is -2.21. The molecule has 0 aromatic carbocycles. The lowest BCUT2D eigenvalue weighted by molar-refractivity contribution is 0.0597. The predicted molar refractivity (Wildman–Crippen MR) is 48.0 cm³/mol. The molecular formula is C9H15NO4. The number of hydrogen-bond donors (Lipinski definition) is 2. The average molecular weight is 201 g/mol. The molecule has 2 aliphatic heterocycles. The molecule has 2 rings (SSSR count). The van der Waals surface area contributed by atoms with Crippen LogP contribution in [0.5, 0.6) is 0 Å². The lowest BCUT2D eigenvalue weighted by Crippen LogP contribution is -2.43. The molecule has 0 bridgehead atoms. The van der Waals surface area contributed by atoms with Crippen LogP contribution in [0.4, 0.5) is 4.79 Å². The van der Waals surface area contributed by atoms with Gasteiger partial charge in [0.2, 0.25) is 0 Å². The zero-order valence-corrected chi connectivity index (χ0v) is 8.09. The van der Waals surface area contributed by atoms with Crippen LogP contribution in [0.15, 0.2) is 0 Å². The Hall–Kier alpha value is -0.810. The number of carbonyl (C=O) groups is 1. The second-order valence-corrected chi connectivity index (χ2v) is 3.96. The van der Waals surface area contributed by atoms with Crippen LogP contribution in [-0.4, -0.2) is 52.6 Å². The van der Waals surface area contributed by atoms with E-state index in [2.05, 4.69) is 0 Å². The summed E-state index contributed by atoms with van der Waals surface area (Å²) in [7, 11) is 0. The first-order valence-corrected chi connectivity index (χ1v) is 4.94. The van der Waals surface area contributed by atoms with Gasteiger partial charge in [0.15, 0.2) is 0 Å². The molecule has 80 valence electrons. The Morgan fingerprint density at radius 1 is 1.64 bits per heavy atom. The molecule has 4 unspecified atom stereocenters. The number of fused-ring (bicyclic) bond motifs is 1. The number of likely N-dealkylation sites (tertiary alicyclic amines) is 1. The molecule has 2 fully saturated rings. The molecule has 2 aliphatic rings. The zero-order valence-electron chi connectivity index (χ0n) is 8.09. The van der Waals surface area contributed by atoms with Gasteiger partial charge in [-0.1, -0.05) is 6.92 Å². The van der Waals surface area contributed by atoms with Gasteiger partial charge in [-0.15, -0.1) is 0 Å². The normalized spacial score (nSPS) is 41.4. The van der Waals surface area contributed by atoms with Crippen molar-refractivity contribution in [2.45, 2.75) is 31.6 Å². The first kappa shape index (κ1) is 9.73. The highest BCUT2D eigenvalue weighted by molar-refractivity contribution is 5.66. The third-order valence-electron chi connectivity index (χ3n) is 3.22. The summed E-state index contributed by atoms with van der Waals surface area (Å²) in [5, 5.41) is 18.6. The zero-order chi connectivity index (χ0) is 10.3. The molecule has 0 aliphatic carbocycles. The maximum absolute atomic E-state index is 10.9. The van der Waals surface area contributed by atoms with Gasteiger partial charge in [0, 0.05) is 12.5 Å². The number of ether oxygens (including phenoxy) is 1. The number of aliphatic hydroxyl groups excluding tert-OH is 1. The summed E-state index contributed by atoms with van der Waals surface area (Å²) in [6, 6.07) is -0.350. The molecule has 2 saturated heterocycles. The molecule has 4 atom stereocenters. The minimum atomic E-state index is -0.958. The monoisotopic (exact) mass is 201 g/mol. The van der Waals surface area contributed by atoms with Gasteiger partial charge in [0.05, 0.1) is 18.8 Å². The maximum atomic E-state index is 10.9. The largest absolute Gasteiger partial charge is 0.465 e. The Morgan fingerprint density at radius 2 is 2.36 bits per heavy atom. The van der Waals surface area contributed by atoms with E-state index in [0.717, 1.165) is 6.42 Å². The van der Waals surface area contributed by atoms with Gasteiger partial charge in [0.1, 0.15) is 6.10 Å². The van der Waals surface area contributed by atoms with Crippen molar-refractivity contribution in [2.75, 3.05) is 13.2 Å². The van der Waals surface area contributed by atoms with Crippen LogP contribution in [0.1, 0.15) is 13.3 Å². The van der Waals surface area contributed by atoms with E-state index in [1.807, 2.05) is 6.92 Å². The third-order valence-corrected chi connectivity index (χ3v) is 3.22. The fourth-order valence-electron chi connectivity index (χ4n) is 2.47. The molecule has 2 N–H and O–H groups in total. The molecule has 0 aromatic heterocycles. The Bertz CT molecular complexity index is 245. The van der Waals surface area contributed by atoms with E-state index in [9.17, 15) is 9.90 Å². The summed E-state index contributed by atoms with van der Waals surface area (Å²) in [4.78, 5) is 12.2. The van der Waals surface area contributed by atoms with Crippen LogP contribution in [0, 0.1) is 5.92 Å². The summed E-state index contributed by atoms with van der Waals surface area (Å²) in [5.74, 6) is 0.230. The third kappa shape index (κ3) is 1.27. The van der Waals surface area contributed by atoms with Gasteiger partial charge in [-0.3, -0.25) is 4.90 Å². The predicted octanol–water partition coefficient (Wildman–Crippen LogP) is 0.135. The van der Waals surface area contributed by atoms with Crippen molar-refractivity contribution >= 4 is 6.09 Å². The Balaban J connectivity index is 2.18. The molecule has 0 aromatic rings. The van der Waals surface area contributed by atoms with Crippen LogP contribution in [0.2, 0.25) is 0 Å². The highest BCUT2D eigenvalue weighted by atomic mass is 16.5. The number of carboxylic acid groups (broad SMARTS) is 1. The van der Waals surface area contributed by atoms with Gasteiger partial charge < -0.3 is 14.9 Å². The standard InChI is InChI=1S/C9H15NO4/c1-2-5-3-10(9(12)13)7-6(11)4-14-8(5)7/h5-8,11H,2-4H2,1H3,(H,12,13). The first-order chi connectivity index (χ1) is 6.65. The molecule has 0 spiro atoms. The van der Waals surface area contributed by atoms with Crippen LogP contribution in [0.25, 0.3) is 0 Å². The van der Waals surface area contributed by atoms with Crippen molar-refractivity contribution in [3.05, 3.63) is 0 Å². The first-order valence-electron chi connectivity index (χ1n) is 4.94. The molecule has 2 heterocycles. The number of aliphatic hydroxyl groups is 1. The minimum Gasteiger partial charge on any atom is -0.465 e. The topological polar surface area (TPSA) is 70.0 Å². The fraction of sp³-hybridized carbons (Fsp3) is 0.889. The van der Waals surface area contributed by atoms with Gasteiger partial charge in [-0.25, -0.2) is 4.79 Å². The summed E-state index contributed by atoms with van der Waals surface area (Å²) >= 11 is 0. The van der Waals surface area contributed by atoms with Crippen LogP contribution in [-0.2, 0) is 4.74 Å². The van der Waals surface area contributed by atoms with Crippen molar-refractivity contribution in [3.8, 4) is 0 Å². The smallest absolute Gasteiger partial charge is 0.407 e. The SMILES string of the molecule is CCC1CN(C(=O)O)C2C(O)COC12. The Labute approximate surface area is 82.3 Å². The molecule has 5 heteroatoms. The second kappa shape index (κ2) is 3.40. The Morgan fingerprint density at radius 3 is 2.93 bits per heavy atom. The highest BCUT2D eigenvalue weighted by Gasteiger charge is 2.51. The van der Waals surface area contributed by atoms with Crippen molar-refractivity contribution in [2.24, 2.45) is 5.92 Å². The van der Waals surface area contributed by atoms with Crippen LogP contribution < -0.4 is 0 Å². The minimum absolute atomic E-state index is 0.105. The van der Waals surface area contributed by atoms with Crippen LogP contribution >= 0.6 is 0 Å². The van der Waals surface area contributed by atoms with Crippen molar-refractivity contribution in [1.29, 1.82) is 0 Å². The van der Waals surface area contributed by atoms with E-state index in [1.54, 1.807) is 0 Å². The molecule has 0 radical (unpaired) electrons. The number of amides is 1. The average Bonchev–Trinajstić information content (AvgIpc) is 2.66.